The van der Waals surface area contributed by atoms with Crippen LogP contribution in [0.5, 0.6) is 5.75 Å². The highest BCUT2D eigenvalue weighted by Crippen LogP contribution is 2.40. The molecule has 2 fully saturated rings. The number of aryl methyl sites for hydroxylation is 2. The van der Waals surface area contributed by atoms with Crippen LogP contribution in [0, 0.1) is 17.2 Å². The number of hydrogen-bond acceptors (Lipinski definition) is 6. The molecular weight excluding hydrogens is 535 g/mol. The van der Waals surface area contributed by atoms with Gasteiger partial charge in [0.2, 0.25) is 0 Å². The molecule has 1 saturated heterocycles. The highest BCUT2D eigenvalue weighted by Gasteiger charge is 2.33. The Morgan fingerprint density at radius 3 is 2.74 bits per heavy atom. The van der Waals surface area contributed by atoms with E-state index in [0.717, 1.165) is 30.9 Å². The summed E-state index contributed by atoms with van der Waals surface area (Å²) in [5.41, 5.74) is 2.06. The molecular formula is C32H43FN6O3. The summed E-state index contributed by atoms with van der Waals surface area (Å²) in [5.74, 6) is 1.36. The van der Waals surface area contributed by atoms with Crippen molar-refractivity contribution in [2.45, 2.75) is 72.0 Å². The molecule has 1 aliphatic heterocycles. The van der Waals surface area contributed by atoms with E-state index in [1.807, 2.05) is 19.1 Å². The van der Waals surface area contributed by atoms with Gasteiger partial charge in [0, 0.05) is 44.0 Å². The van der Waals surface area contributed by atoms with Crippen molar-refractivity contribution in [3.05, 3.63) is 64.5 Å². The number of halogens is 1. The van der Waals surface area contributed by atoms with Crippen molar-refractivity contribution < 1.29 is 14.3 Å². The summed E-state index contributed by atoms with van der Waals surface area (Å²) in [6, 6.07) is 10.5. The zero-order chi connectivity index (χ0) is 30.0. The molecule has 1 unspecified atom stereocenters. The number of guanidine groups is 1. The maximum atomic E-state index is 14.4. The van der Waals surface area contributed by atoms with E-state index in [0.29, 0.717) is 66.1 Å². The quantitative estimate of drug-likeness (QED) is 0.308. The van der Waals surface area contributed by atoms with Crippen LogP contribution in [0.25, 0.3) is 10.9 Å². The number of ether oxygens (including phenoxy) is 1. The van der Waals surface area contributed by atoms with Gasteiger partial charge in [-0.2, -0.15) is 5.06 Å². The van der Waals surface area contributed by atoms with Gasteiger partial charge in [-0.1, -0.05) is 26.8 Å². The van der Waals surface area contributed by atoms with Gasteiger partial charge in [-0.3, -0.25) is 9.36 Å². The molecule has 0 amide bonds. The van der Waals surface area contributed by atoms with Gasteiger partial charge in [0.05, 0.1) is 30.4 Å². The molecule has 42 heavy (non-hydrogen) atoms. The second-order valence-electron chi connectivity index (χ2n) is 12.7. The largest absolute Gasteiger partial charge is 0.497 e. The Labute approximate surface area is 247 Å². The maximum Gasteiger partial charge on any atom is 0.261 e. The monoisotopic (exact) mass is 578 g/mol. The first-order valence-electron chi connectivity index (χ1n) is 14.9. The van der Waals surface area contributed by atoms with Gasteiger partial charge in [-0.15, -0.1) is 0 Å². The number of aliphatic imine (C=N–C) groups is 1. The van der Waals surface area contributed by atoms with Crippen LogP contribution < -0.4 is 15.6 Å². The minimum Gasteiger partial charge on any atom is -0.497 e. The molecule has 3 atom stereocenters. The fourth-order valence-electron chi connectivity index (χ4n) is 6.24. The summed E-state index contributed by atoms with van der Waals surface area (Å²) in [5, 5.41) is 15.6. The van der Waals surface area contributed by atoms with Crippen molar-refractivity contribution in [2.24, 2.45) is 16.3 Å². The third kappa shape index (κ3) is 6.76. The van der Waals surface area contributed by atoms with Gasteiger partial charge in [0.25, 0.3) is 5.56 Å². The van der Waals surface area contributed by atoms with Crippen molar-refractivity contribution in [1.29, 1.82) is 0 Å². The number of piperazine rings is 1. The summed E-state index contributed by atoms with van der Waals surface area (Å²) in [4.78, 5) is 25.3. The normalized spacial score (nSPS) is 23.3. The Balaban J connectivity index is 1.36. The third-order valence-corrected chi connectivity index (χ3v) is 8.79. The molecule has 2 aromatic carbocycles. The average Bonchev–Trinajstić information content (AvgIpc) is 2.95. The smallest absolute Gasteiger partial charge is 0.261 e. The Hall–Kier alpha value is -3.50. The molecule has 2 heterocycles. The molecule has 1 aromatic heterocycles. The zero-order valence-electron chi connectivity index (χ0n) is 25.3. The van der Waals surface area contributed by atoms with Crippen molar-refractivity contribution in [3.63, 3.8) is 0 Å². The summed E-state index contributed by atoms with van der Waals surface area (Å²) < 4.78 is 21.0. The topological polar surface area (TPSA) is 95.2 Å². The number of nitrogens with zero attached hydrogens (tertiary/aromatic N) is 5. The summed E-state index contributed by atoms with van der Waals surface area (Å²) in [6.07, 6.45) is 5.19. The molecule has 2 aliphatic rings. The number of nitrogens with one attached hydrogen (secondary N) is 1. The van der Waals surface area contributed by atoms with Crippen LogP contribution in [-0.2, 0) is 13.0 Å². The molecule has 10 heteroatoms. The average molecular weight is 579 g/mol. The number of hydroxylamine groups is 2. The molecule has 0 radical (unpaired) electrons. The molecule has 2 N–H and O–H groups in total. The summed E-state index contributed by atoms with van der Waals surface area (Å²) in [7, 11) is 1.50. The molecule has 0 bridgehead atoms. The predicted molar refractivity (Wildman–Crippen MR) is 164 cm³/mol. The van der Waals surface area contributed by atoms with Crippen LogP contribution in [0.4, 0.5) is 10.1 Å². The van der Waals surface area contributed by atoms with Crippen LogP contribution in [0.1, 0.15) is 52.5 Å². The maximum absolute atomic E-state index is 14.4. The summed E-state index contributed by atoms with van der Waals surface area (Å²) in [6.45, 7) is 11.1. The Morgan fingerprint density at radius 2 is 2.02 bits per heavy atom. The van der Waals surface area contributed by atoms with E-state index in [9.17, 15) is 14.4 Å². The van der Waals surface area contributed by atoms with E-state index >= 15 is 0 Å². The van der Waals surface area contributed by atoms with Crippen LogP contribution in [0.15, 0.2) is 52.5 Å². The van der Waals surface area contributed by atoms with Crippen LogP contribution >= 0.6 is 0 Å². The first-order chi connectivity index (χ1) is 20.0. The van der Waals surface area contributed by atoms with Gasteiger partial charge >= 0.3 is 0 Å². The lowest BCUT2D eigenvalue weighted by molar-refractivity contribution is -0.142. The molecule has 1 aliphatic carbocycles. The number of fused-ring (bicyclic) bond motifs is 1. The van der Waals surface area contributed by atoms with Gasteiger partial charge in [-0.25, -0.2) is 14.4 Å². The van der Waals surface area contributed by atoms with Crippen LogP contribution in [0.2, 0.25) is 0 Å². The molecule has 0 spiro atoms. The predicted octanol–water partition coefficient (Wildman–Crippen LogP) is 5.16. The van der Waals surface area contributed by atoms with E-state index < -0.39 is 0 Å². The van der Waals surface area contributed by atoms with Crippen molar-refractivity contribution in [3.8, 4) is 5.75 Å². The SMILES string of the molecule is COc1ccc(CCn2cnc3cc(N/C(=N/C4CCC(C)(C)C[C@@H]4C)N4CCN(O)[C@@H](C)C4)ccc3c2=O)c(F)c1. The fourth-order valence-corrected chi connectivity index (χ4v) is 6.24. The second-order valence-corrected chi connectivity index (χ2v) is 12.7. The van der Waals surface area contributed by atoms with E-state index in [2.05, 4.69) is 36.0 Å². The molecule has 3 aromatic rings. The van der Waals surface area contributed by atoms with Gasteiger partial charge in [0.15, 0.2) is 5.96 Å². The lowest BCUT2D eigenvalue weighted by Gasteiger charge is -2.40. The number of anilines is 1. The lowest BCUT2D eigenvalue weighted by atomic mass is 9.71. The fraction of sp³-hybridized carbons (Fsp3) is 0.531. The number of methoxy groups -OCH3 is 1. The molecule has 226 valence electrons. The van der Waals surface area contributed by atoms with Crippen molar-refractivity contribution in [1.82, 2.24) is 19.5 Å². The minimum atomic E-state index is -0.356. The lowest BCUT2D eigenvalue weighted by Crippen LogP contribution is -2.54. The van der Waals surface area contributed by atoms with E-state index in [-0.39, 0.29) is 23.5 Å². The molecule has 1 saturated carbocycles. The highest BCUT2D eigenvalue weighted by molar-refractivity contribution is 5.96. The van der Waals surface area contributed by atoms with Crippen LogP contribution in [-0.4, -0.2) is 69.5 Å². The number of aromatic nitrogens is 2. The Morgan fingerprint density at radius 1 is 1.21 bits per heavy atom. The van der Waals surface area contributed by atoms with E-state index in [4.69, 9.17) is 9.73 Å². The van der Waals surface area contributed by atoms with Gasteiger partial charge < -0.3 is 20.2 Å². The number of rotatable bonds is 6. The minimum absolute atomic E-state index is 0.0170. The molecule has 5 rings (SSSR count). The van der Waals surface area contributed by atoms with Gasteiger partial charge in [0.1, 0.15) is 11.6 Å². The van der Waals surface area contributed by atoms with Crippen LogP contribution in [0.3, 0.4) is 0 Å². The first-order valence-corrected chi connectivity index (χ1v) is 14.9. The number of hydrogen-bond donors (Lipinski definition) is 2. The number of benzene rings is 2. The Bertz CT molecular complexity index is 1510. The van der Waals surface area contributed by atoms with Crippen molar-refractivity contribution >= 4 is 22.5 Å². The Kier molecular flexibility index (Phi) is 8.84. The third-order valence-electron chi connectivity index (χ3n) is 8.79. The van der Waals surface area contributed by atoms with Gasteiger partial charge in [-0.05, 0) is 73.8 Å². The summed E-state index contributed by atoms with van der Waals surface area (Å²) >= 11 is 0. The van der Waals surface area contributed by atoms with E-state index in [1.165, 1.54) is 29.1 Å². The highest BCUT2D eigenvalue weighted by atomic mass is 19.1. The second kappa shape index (κ2) is 12.4. The standard InChI is InChI=1S/C32H43FN6O3/c1-21-18-32(3,4)12-10-28(21)36-31(37-14-15-39(41)22(2)19-37)35-24-7-9-26-29(16-24)34-20-38(30(26)40)13-11-23-6-8-25(42-5)17-27(23)33/h6-9,16-17,20-22,28,41H,10-15,18-19H2,1-5H3,(H,35,36)/t21-,22-,28?/m0/s1. The molecule has 9 nitrogen and oxygen atoms in total. The van der Waals surface area contributed by atoms with E-state index in [1.54, 1.807) is 18.2 Å². The van der Waals surface area contributed by atoms with Crippen molar-refractivity contribution in [2.75, 3.05) is 32.1 Å². The first kappa shape index (κ1) is 30.0. The zero-order valence-corrected chi connectivity index (χ0v) is 25.3.